The number of nitrogens with one attached hydrogen (secondary N) is 1. The molecule has 1 amide bonds. The van der Waals surface area contributed by atoms with Gasteiger partial charge in [0.05, 0.1) is 23.3 Å². The largest absolute Gasteiger partial charge is 0.378 e. The van der Waals surface area contributed by atoms with Crippen molar-refractivity contribution in [1.82, 2.24) is 10.3 Å². The van der Waals surface area contributed by atoms with Crippen molar-refractivity contribution in [2.24, 2.45) is 16.6 Å². The Labute approximate surface area is 211 Å². The van der Waals surface area contributed by atoms with Crippen molar-refractivity contribution >= 4 is 34.7 Å². The molecule has 1 aliphatic carbocycles. The maximum Gasteiger partial charge on any atom is 0.237 e. The van der Waals surface area contributed by atoms with Crippen molar-refractivity contribution in [3.05, 3.63) is 64.7 Å². The van der Waals surface area contributed by atoms with Crippen LogP contribution in [0.5, 0.6) is 0 Å². The van der Waals surface area contributed by atoms with Gasteiger partial charge in [0, 0.05) is 31.9 Å². The quantitative estimate of drug-likeness (QED) is 0.519. The molecule has 1 fully saturated rings. The van der Waals surface area contributed by atoms with E-state index in [0.717, 1.165) is 11.8 Å². The minimum Gasteiger partial charge on any atom is -0.378 e. The number of pyridine rings is 1. The van der Waals surface area contributed by atoms with Gasteiger partial charge in [0.15, 0.2) is 11.5 Å². The first-order chi connectivity index (χ1) is 17.2. The number of rotatable bonds is 8. The fraction of sp³-hybridized carbons (Fsp3) is 0.360. The van der Waals surface area contributed by atoms with Gasteiger partial charge in [-0.15, -0.1) is 0 Å². The minimum atomic E-state index is -1.13. The average Bonchev–Trinajstić information content (AvgIpc) is 3.62. The van der Waals surface area contributed by atoms with Crippen molar-refractivity contribution in [2.75, 3.05) is 20.8 Å². The van der Waals surface area contributed by atoms with Crippen LogP contribution in [0.25, 0.3) is 11.9 Å². The van der Waals surface area contributed by atoms with E-state index in [0.29, 0.717) is 17.5 Å². The van der Waals surface area contributed by atoms with Crippen LogP contribution in [0.3, 0.4) is 0 Å². The Hall–Kier alpha value is -3.33. The van der Waals surface area contributed by atoms with E-state index in [-0.39, 0.29) is 34.8 Å². The number of fused-ring (bicyclic) bond motifs is 1. The van der Waals surface area contributed by atoms with E-state index >= 15 is 4.39 Å². The molecule has 1 aliphatic heterocycles. The van der Waals surface area contributed by atoms with Gasteiger partial charge in [-0.05, 0) is 49.2 Å². The van der Waals surface area contributed by atoms with Gasteiger partial charge in [0.1, 0.15) is 22.5 Å². The van der Waals surface area contributed by atoms with E-state index in [9.17, 15) is 9.18 Å². The lowest BCUT2D eigenvalue weighted by atomic mass is 9.84. The third kappa shape index (κ3) is 4.72. The van der Waals surface area contributed by atoms with E-state index in [2.05, 4.69) is 15.3 Å². The third-order valence-electron chi connectivity index (χ3n) is 6.52. The smallest absolute Gasteiger partial charge is 0.237 e. The number of aromatic nitrogens is 1. The SMILES string of the molecule is COC(CNC(=O)[C@]12C[C@H]1[C@@](C)(c1cc(/C=C(\F)c3ccc(C#N)cn3)ccc1F)N=C(N)S2)OC. The van der Waals surface area contributed by atoms with Crippen LogP contribution >= 0.6 is 11.8 Å². The molecule has 2 aliphatic rings. The number of ether oxygens (including phenoxy) is 2. The van der Waals surface area contributed by atoms with Crippen LogP contribution in [-0.4, -0.2) is 47.9 Å². The predicted molar refractivity (Wildman–Crippen MR) is 133 cm³/mol. The van der Waals surface area contributed by atoms with Crippen LogP contribution in [0.15, 0.2) is 41.5 Å². The van der Waals surface area contributed by atoms with Crippen molar-refractivity contribution in [1.29, 1.82) is 5.26 Å². The zero-order valence-electron chi connectivity index (χ0n) is 19.9. The van der Waals surface area contributed by atoms with Crippen molar-refractivity contribution in [3.63, 3.8) is 0 Å². The molecule has 0 spiro atoms. The number of benzene rings is 1. The summed E-state index contributed by atoms with van der Waals surface area (Å²) in [4.78, 5) is 21.6. The normalized spacial score (nSPS) is 25.1. The molecule has 2 aromatic rings. The lowest BCUT2D eigenvalue weighted by molar-refractivity contribution is -0.128. The number of halogens is 2. The van der Waals surface area contributed by atoms with E-state index in [1.54, 1.807) is 6.92 Å². The summed E-state index contributed by atoms with van der Waals surface area (Å²) in [6.45, 7) is 1.88. The number of nitrogens with zero attached hydrogens (tertiary/aromatic N) is 3. The summed E-state index contributed by atoms with van der Waals surface area (Å²) in [6, 6.07) is 8.98. The molecule has 0 saturated heterocycles. The highest BCUT2D eigenvalue weighted by Crippen LogP contribution is 2.66. The summed E-state index contributed by atoms with van der Waals surface area (Å²) >= 11 is 1.16. The van der Waals surface area contributed by atoms with E-state index in [1.807, 2.05) is 6.07 Å². The number of hydrogen-bond donors (Lipinski definition) is 2. The number of carbonyl (C=O) groups excluding carboxylic acids is 1. The lowest BCUT2D eigenvalue weighted by Crippen LogP contribution is -2.46. The molecule has 8 nitrogen and oxygen atoms in total. The van der Waals surface area contributed by atoms with Crippen LogP contribution in [0, 0.1) is 23.1 Å². The summed E-state index contributed by atoms with van der Waals surface area (Å²) in [5.74, 6) is -1.76. The molecular formula is C25H25F2N5O3S. The molecule has 3 atom stereocenters. The number of amides is 1. The molecule has 0 radical (unpaired) electrons. The monoisotopic (exact) mass is 513 g/mol. The molecule has 188 valence electrons. The fourth-order valence-electron chi connectivity index (χ4n) is 4.50. The summed E-state index contributed by atoms with van der Waals surface area (Å²) in [5.41, 5.74) is 5.95. The Morgan fingerprint density at radius 2 is 2.14 bits per heavy atom. The van der Waals surface area contributed by atoms with Gasteiger partial charge in [-0.1, -0.05) is 17.8 Å². The lowest BCUT2D eigenvalue weighted by Gasteiger charge is -2.34. The standard InChI is InChI=1S/C25H25F2N5O3S/c1-24(20-10-25(20,36-23(29)32-24)22(33)31-13-21(34-2)35-3)16-8-14(4-6-17(16)26)9-18(27)19-7-5-15(11-28)12-30-19/h4-9,12,20-21H,10,13H2,1-3H3,(H2,29,32)(H,31,33)/b18-9-/t20-,24+,25-/m0/s1. The van der Waals surface area contributed by atoms with Crippen LogP contribution in [0.1, 0.15) is 35.7 Å². The summed E-state index contributed by atoms with van der Waals surface area (Å²) in [6.07, 6.45) is 2.34. The average molecular weight is 514 g/mol. The van der Waals surface area contributed by atoms with Crippen molar-refractivity contribution in [2.45, 2.75) is 29.9 Å². The predicted octanol–water partition coefficient (Wildman–Crippen LogP) is 3.33. The minimum absolute atomic E-state index is 0.0470. The zero-order chi connectivity index (χ0) is 26.1. The number of carbonyl (C=O) groups is 1. The molecular weight excluding hydrogens is 488 g/mol. The molecule has 1 aromatic heterocycles. The van der Waals surface area contributed by atoms with Crippen molar-refractivity contribution in [3.8, 4) is 6.07 Å². The van der Waals surface area contributed by atoms with E-state index in [1.165, 1.54) is 56.8 Å². The zero-order valence-corrected chi connectivity index (χ0v) is 20.7. The molecule has 1 saturated carbocycles. The number of nitrogens with two attached hydrogens (primary N) is 1. The first kappa shape index (κ1) is 25.8. The van der Waals surface area contributed by atoms with Gasteiger partial charge in [0.2, 0.25) is 5.91 Å². The maximum absolute atomic E-state index is 15.1. The highest BCUT2D eigenvalue weighted by Gasteiger charge is 2.70. The van der Waals surface area contributed by atoms with Gasteiger partial charge in [-0.25, -0.2) is 8.78 Å². The van der Waals surface area contributed by atoms with Gasteiger partial charge in [-0.3, -0.25) is 14.8 Å². The molecule has 1 aromatic carbocycles. The highest BCUT2D eigenvalue weighted by molar-refractivity contribution is 8.15. The van der Waals surface area contributed by atoms with Gasteiger partial charge in [-0.2, -0.15) is 5.26 Å². The van der Waals surface area contributed by atoms with Crippen LogP contribution in [0.2, 0.25) is 0 Å². The number of amidine groups is 1. The molecule has 11 heteroatoms. The second-order valence-electron chi connectivity index (χ2n) is 8.73. The maximum atomic E-state index is 15.1. The molecule has 3 N–H and O–H groups in total. The molecule has 0 bridgehead atoms. The van der Waals surface area contributed by atoms with Crippen LogP contribution < -0.4 is 11.1 Å². The second-order valence-corrected chi connectivity index (χ2v) is 10.1. The Kier molecular flexibility index (Phi) is 7.13. The van der Waals surface area contributed by atoms with Gasteiger partial charge >= 0.3 is 0 Å². The van der Waals surface area contributed by atoms with Crippen LogP contribution in [-0.2, 0) is 19.8 Å². The van der Waals surface area contributed by atoms with Gasteiger partial charge < -0.3 is 20.5 Å². The number of nitriles is 1. The summed E-state index contributed by atoms with van der Waals surface area (Å²) in [7, 11) is 2.94. The summed E-state index contributed by atoms with van der Waals surface area (Å²) in [5, 5.41) is 11.9. The molecule has 0 unspecified atom stereocenters. The molecule has 4 rings (SSSR count). The number of hydrogen-bond acceptors (Lipinski definition) is 8. The van der Waals surface area contributed by atoms with Crippen LogP contribution in [0.4, 0.5) is 8.78 Å². The molecule has 36 heavy (non-hydrogen) atoms. The molecule has 2 heterocycles. The Morgan fingerprint density at radius 3 is 2.78 bits per heavy atom. The summed E-state index contributed by atoms with van der Waals surface area (Å²) < 4.78 is 39.3. The van der Waals surface area contributed by atoms with E-state index < -0.39 is 28.2 Å². The first-order valence-electron chi connectivity index (χ1n) is 11.1. The number of methoxy groups -OCH3 is 2. The number of aliphatic imine (C=N–C) groups is 1. The first-order valence-corrected chi connectivity index (χ1v) is 11.9. The third-order valence-corrected chi connectivity index (χ3v) is 7.82. The fourth-order valence-corrected chi connectivity index (χ4v) is 5.90. The number of thioether (sulfide) groups is 1. The Morgan fingerprint density at radius 1 is 1.39 bits per heavy atom. The van der Waals surface area contributed by atoms with E-state index in [4.69, 9.17) is 20.5 Å². The van der Waals surface area contributed by atoms with Gasteiger partial charge in [0.25, 0.3) is 0 Å². The van der Waals surface area contributed by atoms with Crippen molar-refractivity contribution < 1.29 is 23.0 Å². The Bertz CT molecular complexity index is 1280. The Balaban J connectivity index is 1.62. The topological polar surface area (TPSA) is 123 Å². The second kappa shape index (κ2) is 9.97. The highest BCUT2D eigenvalue weighted by atomic mass is 32.2.